The summed E-state index contributed by atoms with van der Waals surface area (Å²) in [6.45, 7) is 2.14. The summed E-state index contributed by atoms with van der Waals surface area (Å²) >= 11 is 7.19. The number of hydrogen-bond acceptors (Lipinski definition) is 5. The summed E-state index contributed by atoms with van der Waals surface area (Å²) in [5, 5.41) is 13.4. The summed E-state index contributed by atoms with van der Waals surface area (Å²) in [6, 6.07) is 21.0. The number of anilines is 2. The Morgan fingerprint density at radius 1 is 0.970 bits per heavy atom. The lowest BCUT2D eigenvalue weighted by molar-refractivity contribution is -0.120. The molecule has 0 radical (unpaired) electrons. The van der Waals surface area contributed by atoms with E-state index in [0.29, 0.717) is 16.4 Å². The van der Waals surface area contributed by atoms with E-state index in [2.05, 4.69) is 12.2 Å². The predicted molar refractivity (Wildman–Crippen MR) is 134 cm³/mol. The van der Waals surface area contributed by atoms with Crippen molar-refractivity contribution in [3.8, 4) is 5.75 Å². The highest BCUT2D eigenvalue weighted by molar-refractivity contribution is 8.04. The van der Waals surface area contributed by atoms with Crippen LogP contribution in [-0.2, 0) is 16.0 Å². The fourth-order valence-corrected chi connectivity index (χ4v) is 4.54. The van der Waals surface area contributed by atoms with Crippen LogP contribution in [0.25, 0.3) is 0 Å². The molecule has 0 saturated carbocycles. The minimum absolute atomic E-state index is 0.0591. The lowest BCUT2D eigenvalue weighted by atomic mass is 10.1. The first kappa shape index (κ1) is 23.0. The number of unbranched alkanes of at least 4 members (excludes halogenated alkanes) is 1. The molecule has 0 atom stereocenters. The van der Waals surface area contributed by atoms with Crippen molar-refractivity contribution in [1.29, 1.82) is 0 Å². The molecule has 0 aromatic heterocycles. The third-order valence-electron chi connectivity index (χ3n) is 5.20. The number of phenols is 1. The number of aryl methyl sites for hydroxylation is 1. The monoisotopic (exact) mass is 478 g/mol. The lowest BCUT2D eigenvalue weighted by Gasteiger charge is -2.16. The van der Waals surface area contributed by atoms with E-state index in [0.717, 1.165) is 24.2 Å². The Morgan fingerprint density at radius 3 is 2.36 bits per heavy atom. The van der Waals surface area contributed by atoms with Crippen LogP contribution >= 0.6 is 23.4 Å². The second kappa shape index (κ2) is 10.1. The van der Waals surface area contributed by atoms with Crippen LogP contribution in [-0.4, -0.2) is 16.9 Å². The number of halogens is 1. The zero-order chi connectivity index (χ0) is 23.4. The molecule has 33 heavy (non-hydrogen) atoms. The first-order valence-corrected chi connectivity index (χ1v) is 11.9. The molecule has 0 spiro atoms. The number of imide groups is 1. The van der Waals surface area contributed by atoms with Crippen LogP contribution in [0.3, 0.4) is 0 Å². The molecule has 168 valence electrons. The zero-order valence-corrected chi connectivity index (χ0v) is 19.6. The predicted octanol–water partition coefficient (Wildman–Crippen LogP) is 6.38. The average molecular weight is 479 g/mol. The maximum atomic E-state index is 13.4. The standard InChI is InChI=1S/C26H23ClN2O3S/c1-2-3-5-17-8-12-20(13-9-17)29-25(31)23(28-19-6-4-7-21(30)16-19)24(26(29)32)33-22-14-10-18(27)11-15-22/h4,6-16,28,30H,2-3,5H2,1H3. The van der Waals surface area contributed by atoms with Crippen LogP contribution in [0.4, 0.5) is 11.4 Å². The molecule has 4 rings (SSSR count). The molecular formula is C26H23ClN2O3S. The number of aromatic hydroxyl groups is 1. The molecule has 7 heteroatoms. The molecule has 0 saturated heterocycles. The molecule has 0 unspecified atom stereocenters. The third-order valence-corrected chi connectivity index (χ3v) is 6.55. The van der Waals surface area contributed by atoms with Gasteiger partial charge in [-0.1, -0.05) is 54.9 Å². The highest BCUT2D eigenvalue weighted by Gasteiger charge is 2.40. The van der Waals surface area contributed by atoms with Crippen molar-refractivity contribution >= 4 is 46.6 Å². The fourth-order valence-electron chi connectivity index (χ4n) is 3.49. The topological polar surface area (TPSA) is 69.6 Å². The van der Waals surface area contributed by atoms with E-state index in [1.807, 2.05) is 24.3 Å². The zero-order valence-electron chi connectivity index (χ0n) is 18.0. The van der Waals surface area contributed by atoms with Crippen LogP contribution in [0, 0.1) is 0 Å². The Morgan fingerprint density at radius 2 is 1.70 bits per heavy atom. The smallest absolute Gasteiger partial charge is 0.283 e. The van der Waals surface area contributed by atoms with E-state index >= 15 is 0 Å². The number of thioether (sulfide) groups is 1. The second-order valence-electron chi connectivity index (χ2n) is 7.65. The van der Waals surface area contributed by atoms with E-state index in [1.54, 1.807) is 36.4 Å². The molecule has 0 bridgehead atoms. The van der Waals surface area contributed by atoms with Crippen LogP contribution in [0.5, 0.6) is 5.75 Å². The highest BCUT2D eigenvalue weighted by Crippen LogP contribution is 2.38. The third kappa shape index (κ3) is 5.24. The van der Waals surface area contributed by atoms with Crippen LogP contribution < -0.4 is 10.2 Å². The van der Waals surface area contributed by atoms with Gasteiger partial charge in [-0.15, -0.1) is 0 Å². The molecule has 2 N–H and O–H groups in total. The fraction of sp³-hybridized carbons (Fsp3) is 0.154. The minimum Gasteiger partial charge on any atom is -0.508 e. The summed E-state index contributed by atoms with van der Waals surface area (Å²) in [5.74, 6) is -0.783. The SMILES string of the molecule is CCCCc1ccc(N2C(=O)C(Nc3cccc(O)c3)=C(Sc3ccc(Cl)cc3)C2=O)cc1. The first-order valence-electron chi connectivity index (χ1n) is 10.7. The van der Waals surface area contributed by atoms with Crippen LogP contribution in [0.1, 0.15) is 25.3 Å². The van der Waals surface area contributed by atoms with Gasteiger partial charge in [0.25, 0.3) is 11.8 Å². The van der Waals surface area contributed by atoms with Crippen LogP contribution in [0.15, 0.2) is 88.3 Å². The van der Waals surface area contributed by atoms with Gasteiger partial charge in [-0.05, 0) is 66.9 Å². The quantitative estimate of drug-likeness (QED) is 0.368. The Kier molecular flexibility index (Phi) is 7.06. The molecule has 2 amide bonds. The van der Waals surface area contributed by atoms with Gasteiger partial charge in [0.1, 0.15) is 16.4 Å². The Labute approximate surface area is 202 Å². The Bertz CT molecular complexity index is 1210. The second-order valence-corrected chi connectivity index (χ2v) is 9.17. The van der Waals surface area contributed by atoms with Crippen molar-refractivity contribution in [3.05, 3.63) is 94.0 Å². The molecule has 5 nitrogen and oxygen atoms in total. The Balaban J connectivity index is 1.67. The number of amides is 2. The minimum atomic E-state index is -0.443. The van der Waals surface area contributed by atoms with Gasteiger partial charge in [0.2, 0.25) is 0 Å². The Hall–Kier alpha value is -3.22. The van der Waals surface area contributed by atoms with Crippen molar-refractivity contribution in [2.75, 3.05) is 10.2 Å². The van der Waals surface area contributed by atoms with E-state index in [4.69, 9.17) is 11.6 Å². The summed E-state index contributed by atoms with van der Waals surface area (Å²) in [6.07, 6.45) is 3.14. The molecule has 3 aromatic rings. The summed E-state index contributed by atoms with van der Waals surface area (Å²) < 4.78 is 0. The van der Waals surface area contributed by atoms with Crippen molar-refractivity contribution < 1.29 is 14.7 Å². The van der Waals surface area contributed by atoms with E-state index in [-0.39, 0.29) is 16.4 Å². The number of nitrogens with one attached hydrogen (secondary N) is 1. The largest absolute Gasteiger partial charge is 0.508 e. The maximum Gasteiger partial charge on any atom is 0.283 e. The van der Waals surface area contributed by atoms with Gasteiger partial charge in [-0.25, -0.2) is 4.90 Å². The van der Waals surface area contributed by atoms with Gasteiger partial charge < -0.3 is 10.4 Å². The van der Waals surface area contributed by atoms with Gasteiger partial charge in [0, 0.05) is 21.7 Å². The maximum absolute atomic E-state index is 13.4. The molecule has 1 aliphatic heterocycles. The molecule has 0 aliphatic carbocycles. The molecular weight excluding hydrogens is 456 g/mol. The van der Waals surface area contributed by atoms with Crippen molar-refractivity contribution in [3.63, 3.8) is 0 Å². The van der Waals surface area contributed by atoms with Gasteiger partial charge in [-0.2, -0.15) is 0 Å². The molecule has 3 aromatic carbocycles. The number of carbonyl (C=O) groups excluding carboxylic acids is 2. The van der Waals surface area contributed by atoms with Gasteiger partial charge >= 0.3 is 0 Å². The van der Waals surface area contributed by atoms with Crippen molar-refractivity contribution in [2.24, 2.45) is 0 Å². The number of carbonyl (C=O) groups is 2. The van der Waals surface area contributed by atoms with Gasteiger partial charge in [-0.3, -0.25) is 9.59 Å². The number of nitrogens with zero attached hydrogens (tertiary/aromatic N) is 1. The van der Waals surface area contributed by atoms with Crippen molar-refractivity contribution in [1.82, 2.24) is 0 Å². The summed E-state index contributed by atoms with van der Waals surface area (Å²) in [4.78, 5) is 29.1. The average Bonchev–Trinajstić information content (AvgIpc) is 3.03. The van der Waals surface area contributed by atoms with Gasteiger partial charge in [0.15, 0.2) is 0 Å². The number of rotatable bonds is 8. The van der Waals surface area contributed by atoms with Gasteiger partial charge in [0.05, 0.1) is 5.69 Å². The normalized spacial score (nSPS) is 13.7. The van der Waals surface area contributed by atoms with Crippen molar-refractivity contribution in [2.45, 2.75) is 31.1 Å². The van der Waals surface area contributed by atoms with Crippen LogP contribution in [0.2, 0.25) is 5.02 Å². The first-order chi connectivity index (χ1) is 16.0. The van der Waals surface area contributed by atoms with E-state index in [1.165, 1.54) is 34.4 Å². The summed E-state index contributed by atoms with van der Waals surface area (Å²) in [7, 11) is 0. The molecule has 1 aliphatic rings. The number of phenolic OH excluding ortho intramolecular Hbond substituents is 1. The highest BCUT2D eigenvalue weighted by atomic mass is 35.5. The number of hydrogen-bond donors (Lipinski definition) is 2. The lowest BCUT2D eigenvalue weighted by Crippen LogP contribution is -2.32. The molecule has 0 fully saturated rings. The molecule has 1 heterocycles. The summed E-state index contributed by atoms with van der Waals surface area (Å²) in [5.41, 5.74) is 2.37. The van der Waals surface area contributed by atoms with E-state index in [9.17, 15) is 14.7 Å². The van der Waals surface area contributed by atoms with E-state index < -0.39 is 11.8 Å². The number of benzene rings is 3.